The molecule has 2 nitrogen and oxygen atoms in total. The zero-order chi connectivity index (χ0) is 13.0. The van der Waals surface area contributed by atoms with Crippen molar-refractivity contribution in [1.82, 2.24) is 5.32 Å². The summed E-state index contributed by atoms with van der Waals surface area (Å²) in [4.78, 5) is 1.20. The van der Waals surface area contributed by atoms with Crippen LogP contribution in [-0.2, 0) is 13.0 Å². The molecule has 0 aliphatic carbocycles. The van der Waals surface area contributed by atoms with Crippen LogP contribution < -0.4 is 11.1 Å². The van der Waals surface area contributed by atoms with E-state index in [1.54, 1.807) is 11.3 Å². The van der Waals surface area contributed by atoms with Crippen LogP contribution in [0.5, 0.6) is 0 Å². The Morgan fingerprint density at radius 3 is 2.89 bits per heavy atom. The molecule has 1 unspecified atom stereocenters. The first-order valence-electron chi connectivity index (χ1n) is 5.95. The third-order valence-electron chi connectivity index (χ3n) is 2.82. The van der Waals surface area contributed by atoms with E-state index in [9.17, 15) is 0 Å². The molecular formula is C14H17ClN2S. The van der Waals surface area contributed by atoms with E-state index in [4.69, 9.17) is 17.3 Å². The van der Waals surface area contributed by atoms with Gasteiger partial charge < -0.3 is 11.1 Å². The first-order chi connectivity index (χ1) is 8.65. The molecule has 0 saturated heterocycles. The highest BCUT2D eigenvalue weighted by atomic mass is 35.5. The van der Waals surface area contributed by atoms with Crippen molar-refractivity contribution in [3.05, 3.63) is 51.2 Å². The van der Waals surface area contributed by atoms with Crippen LogP contribution >= 0.6 is 22.9 Å². The van der Waals surface area contributed by atoms with Crippen LogP contribution in [0.3, 0.4) is 0 Å². The number of thiophene rings is 1. The summed E-state index contributed by atoms with van der Waals surface area (Å²) in [6.45, 7) is 3.00. The molecule has 0 aliphatic heterocycles. The number of anilines is 1. The first-order valence-corrected chi connectivity index (χ1v) is 7.20. The van der Waals surface area contributed by atoms with Crippen LogP contribution in [-0.4, -0.2) is 6.04 Å². The molecule has 2 rings (SSSR count). The highest BCUT2D eigenvalue weighted by molar-refractivity contribution is 7.10. The maximum Gasteiger partial charge on any atom is 0.0468 e. The van der Waals surface area contributed by atoms with Crippen molar-refractivity contribution in [3.63, 3.8) is 0 Å². The molecular weight excluding hydrogens is 264 g/mol. The molecule has 0 saturated carbocycles. The zero-order valence-corrected chi connectivity index (χ0v) is 11.9. The number of nitrogen functional groups attached to an aromatic ring is 1. The molecule has 1 aromatic carbocycles. The lowest BCUT2D eigenvalue weighted by Gasteiger charge is -2.13. The Hall–Kier alpha value is -1.03. The Balaban J connectivity index is 1.86. The highest BCUT2D eigenvalue weighted by Crippen LogP contribution is 2.18. The minimum atomic E-state index is 0.393. The molecule has 0 aliphatic rings. The van der Waals surface area contributed by atoms with Crippen molar-refractivity contribution >= 4 is 28.6 Å². The lowest BCUT2D eigenvalue weighted by Crippen LogP contribution is -2.27. The van der Waals surface area contributed by atoms with Crippen LogP contribution in [0.25, 0.3) is 0 Å². The van der Waals surface area contributed by atoms with Crippen molar-refractivity contribution in [3.8, 4) is 0 Å². The summed E-state index contributed by atoms with van der Waals surface area (Å²) in [6.07, 6.45) is 0.964. The molecule has 0 radical (unpaired) electrons. The lowest BCUT2D eigenvalue weighted by atomic mass is 10.1. The largest absolute Gasteiger partial charge is 0.398 e. The standard InChI is InChI=1S/C14H17ClN2S/c1-10(7-11-3-2-4-12(15)8-11)17-9-14-13(16)5-6-18-14/h2-6,8,10,17H,7,9,16H2,1H3. The smallest absolute Gasteiger partial charge is 0.0468 e. The number of hydrogen-bond donors (Lipinski definition) is 2. The Morgan fingerprint density at radius 2 is 2.22 bits per heavy atom. The van der Waals surface area contributed by atoms with E-state index in [0.717, 1.165) is 23.7 Å². The van der Waals surface area contributed by atoms with Crippen LogP contribution in [0, 0.1) is 0 Å². The number of rotatable bonds is 5. The van der Waals surface area contributed by atoms with E-state index in [1.165, 1.54) is 10.4 Å². The number of hydrogen-bond acceptors (Lipinski definition) is 3. The average molecular weight is 281 g/mol. The highest BCUT2D eigenvalue weighted by Gasteiger charge is 2.06. The predicted molar refractivity (Wildman–Crippen MR) is 80.2 cm³/mol. The fraction of sp³-hybridized carbons (Fsp3) is 0.286. The maximum atomic E-state index is 5.97. The second kappa shape index (κ2) is 6.23. The Morgan fingerprint density at radius 1 is 1.39 bits per heavy atom. The van der Waals surface area contributed by atoms with E-state index in [0.29, 0.717) is 6.04 Å². The van der Waals surface area contributed by atoms with Gasteiger partial charge in [0.2, 0.25) is 0 Å². The van der Waals surface area contributed by atoms with Crippen LogP contribution in [0.4, 0.5) is 5.69 Å². The molecule has 96 valence electrons. The summed E-state index contributed by atoms with van der Waals surface area (Å²) in [5.74, 6) is 0. The minimum Gasteiger partial charge on any atom is -0.398 e. The SMILES string of the molecule is CC(Cc1cccc(Cl)c1)NCc1sccc1N. The number of halogens is 1. The quantitative estimate of drug-likeness (QED) is 0.876. The van der Waals surface area contributed by atoms with Gasteiger partial charge in [-0.1, -0.05) is 23.7 Å². The summed E-state index contributed by atoms with van der Waals surface area (Å²) >= 11 is 7.66. The van der Waals surface area contributed by atoms with Gasteiger partial charge >= 0.3 is 0 Å². The van der Waals surface area contributed by atoms with Gasteiger partial charge in [0.15, 0.2) is 0 Å². The van der Waals surface area contributed by atoms with Crippen LogP contribution in [0.15, 0.2) is 35.7 Å². The zero-order valence-electron chi connectivity index (χ0n) is 10.3. The van der Waals surface area contributed by atoms with E-state index >= 15 is 0 Å². The average Bonchev–Trinajstić information content (AvgIpc) is 2.72. The molecule has 2 aromatic rings. The minimum absolute atomic E-state index is 0.393. The second-order valence-electron chi connectivity index (χ2n) is 4.42. The maximum absolute atomic E-state index is 5.97. The fourth-order valence-electron chi connectivity index (χ4n) is 1.85. The van der Waals surface area contributed by atoms with Crippen LogP contribution in [0.2, 0.25) is 5.02 Å². The van der Waals surface area contributed by atoms with Crippen molar-refractivity contribution in [1.29, 1.82) is 0 Å². The molecule has 1 heterocycles. The van der Waals surface area contributed by atoms with Gasteiger partial charge in [0.25, 0.3) is 0 Å². The molecule has 1 aromatic heterocycles. The van der Waals surface area contributed by atoms with Crippen molar-refractivity contribution in [2.75, 3.05) is 5.73 Å². The second-order valence-corrected chi connectivity index (χ2v) is 5.85. The summed E-state index contributed by atoms with van der Waals surface area (Å²) < 4.78 is 0. The topological polar surface area (TPSA) is 38.0 Å². The third-order valence-corrected chi connectivity index (χ3v) is 3.99. The molecule has 4 heteroatoms. The van der Waals surface area contributed by atoms with Gasteiger partial charge in [0.05, 0.1) is 0 Å². The molecule has 0 bridgehead atoms. The fourth-order valence-corrected chi connectivity index (χ4v) is 2.81. The summed E-state index contributed by atoms with van der Waals surface area (Å²) in [5, 5.41) is 6.30. The van der Waals surface area contributed by atoms with E-state index < -0.39 is 0 Å². The molecule has 18 heavy (non-hydrogen) atoms. The molecule has 0 spiro atoms. The van der Waals surface area contributed by atoms with Gasteiger partial charge in [-0.25, -0.2) is 0 Å². The van der Waals surface area contributed by atoms with E-state index in [-0.39, 0.29) is 0 Å². The van der Waals surface area contributed by atoms with Crippen molar-refractivity contribution in [2.45, 2.75) is 25.9 Å². The van der Waals surface area contributed by atoms with Gasteiger partial charge in [-0.3, -0.25) is 0 Å². The third kappa shape index (κ3) is 3.73. The van der Waals surface area contributed by atoms with Gasteiger partial charge in [0, 0.05) is 28.2 Å². The normalized spacial score (nSPS) is 12.6. The van der Waals surface area contributed by atoms with Gasteiger partial charge in [0.1, 0.15) is 0 Å². The molecule has 0 fully saturated rings. The molecule has 1 atom stereocenters. The summed E-state index contributed by atoms with van der Waals surface area (Å²) in [6, 6.07) is 10.3. The Bertz CT molecular complexity index is 510. The van der Waals surface area contributed by atoms with Gasteiger partial charge in [-0.05, 0) is 42.5 Å². The van der Waals surface area contributed by atoms with Crippen molar-refractivity contribution in [2.24, 2.45) is 0 Å². The molecule has 3 N–H and O–H groups in total. The number of nitrogens with one attached hydrogen (secondary N) is 1. The number of benzene rings is 1. The van der Waals surface area contributed by atoms with E-state index in [1.807, 2.05) is 29.6 Å². The summed E-state index contributed by atoms with van der Waals surface area (Å²) in [7, 11) is 0. The summed E-state index contributed by atoms with van der Waals surface area (Å²) in [5.41, 5.74) is 7.98. The molecule has 0 amide bonds. The Labute approximate surface area is 117 Å². The Kier molecular flexibility index (Phi) is 4.64. The van der Waals surface area contributed by atoms with Gasteiger partial charge in [-0.15, -0.1) is 11.3 Å². The number of nitrogens with two attached hydrogens (primary N) is 1. The predicted octanol–water partition coefficient (Wildman–Crippen LogP) is 3.70. The monoisotopic (exact) mass is 280 g/mol. The van der Waals surface area contributed by atoms with E-state index in [2.05, 4.69) is 18.3 Å². The van der Waals surface area contributed by atoms with Gasteiger partial charge in [-0.2, -0.15) is 0 Å². The lowest BCUT2D eigenvalue weighted by molar-refractivity contribution is 0.549. The first kappa shape index (κ1) is 13.4. The van der Waals surface area contributed by atoms with Crippen LogP contribution in [0.1, 0.15) is 17.4 Å². The van der Waals surface area contributed by atoms with Crippen molar-refractivity contribution < 1.29 is 0 Å².